The summed E-state index contributed by atoms with van der Waals surface area (Å²) in [6, 6.07) is 5.22. The lowest BCUT2D eigenvalue weighted by Gasteiger charge is -2.18. The number of ether oxygens (including phenoxy) is 2. The van der Waals surface area contributed by atoms with Crippen molar-refractivity contribution in [3.8, 4) is 11.5 Å². The van der Waals surface area contributed by atoms with Gasteiger partial charge in [0.25, 0.3) is 11.1 Å². The molecule has 8 heteroatoms. The van der Waals surface area contributed by atoms with Crippen LogP contribution in [0.4, 0.5) is 4.79 Å². The van der Waals surface area contributed by atoms with E-state index >= 15 is 0 Å². The summed E-state index contributed by atoms with van der Waals surface area (Å²) in [6.07, 6.45) is 3.55. The number of thioether (sulfide) groups is 1. The Balaban J connectivity index is 1.75. The molecule has 0 radical (unpaired) electrons. The van der Waals surface area contributed by atoms with Gasteiger partial charge >= 0.3 is 0 Å². The normalized spacial score (nSPS) is 18.8. The quantitative estimate of drug-likeness (QED) is 0.735. The maximum absolute atomic E-state index is 12.5. The third-order valence-corrected chi connectivity index (χ3v) is 5.24. The highest BCUT2D eigenvalue weighted by Crippen LogP contribution is 2.34. The van der Waals surface area contributed by atoms with Crippen molar-refractivity contribution in [2.75, 3.05) is 33.9 Å². The van der Waals surface area contributed by atoms with Gasteiger partial charge in [0.15, 0.2) is 11.5 Å². The standard InChI is InChI=1S/C18H20N2O5S/c1-24-13-6-5-12(9-14(13)25-2)10-15-17(22)20(18(23)26-15)11-16(21)19-7-3-4-8-19/h5-6,9-10H,3-4,7-8,11H2,1-2H3/b15-10+. The molecule has 1 aromatic carbocycles. The molecule has 0 unspecified atom stereocenters. The maximum Gasteiger partial charge on any atom is 0.294 e. The summed E-state index contributed by atoms with van der Waals surface area (Å²) in [6.45, 7) is 1.18. The summed E-state index contributed by atoms with van der Waals surface area (Å²) < 4.78 is 10.4. The number of imide groups is 1. The second-order valence-corrected chi connectivity index (χ2v) is 6.96. The first kappa shape index (κ1) is 18.3. The number of methoxy groups -OCH3 is 2. The Morgan fingerprint density at radius 3 is 2.50 bits per heavy atom. The van der Waals surface area contributed by atoms with E-state index in [0.29, 0.717) is 30.2 Å². The lowest BCUT2D eigenvalue weighted by molar-refractivity contribution is -0.135. The molecular weight excluding hydrogens is 356 g/mol. The van der Waals surface area contributed by atoms with Gasteiger partial charge in [0, 0.05) is 13.1 Å². The van der Waals surface area contributed by atoms with Crippen molar-refractivity contribution in [1.82, 2.24) is 9.80 Å². The van der Waals surface area contributed by atoms with Crippen LogP contribution in [0.1, 0.15) is 18.4 Å². The van der Waals surface area contributed by atoms with Gasteiger partial charge < -0.3 is 14.4 Å². The second-order valence-electron chi connectivity index (χ2n) is 5.97. The fourth-order valence-electron chi connectivity index (χ4n) is 2.93. The number of benzene rings is 1. The zero-order chi connectivity index (χ0) is 18.7. The van der Waals surface area contributed by atoms with E-state index in [2.05, 4.69) is 0 Å². The van der Waals surface area contributed by atoms with Crippen molar-refractivity contribution in [3.63, 3.8) is 0 Å². The van der Waals surface area contributed by atoms with Gasteiger partial charge in [-0.1, -0.05) is 6.07 Å². The van der Waals surface area contributed by atoms with Crippen LogP contribution in [0.15, 0.2) is 23.1 Å². The minimum absolute atomic E-state index is 0.183. The molecule has 0 aromatic heterocycles. The molecule has 0 atom stereocenters. The molecule has 2 heterocycles. The van der Waals surface area contributed by atoms with Gasteiger partial charge in [-0.05, 0) is 48.4 Å². The molecule has 7 nitrogen and oxygen atoms in total. The van der Waals surface area contributed by atoms with Gasteiger partial charge in [-0.2, -0.15) is 0 Å². The molecule has 2 aliphatic rings. The Hall–Kier alpha value is -2.48. The molecule has 0 bridgehead atoms. The average Bonchev–Trinajstić information content (AvgIpc) is 3.26. The number of hydrogen-bond donors (Lipinski definition) is 0. The van der Waals surface area contributed by atoms with Crippen molar-refractivity contribution in [1.29, 1.82) is 0 Å². The first-order chi connectivity index (χ1) is 12.5. The first-order valence-corrected chi connectivity index (χ1v) is 9.10. The number of rotatable bonds is 5. The second kappa shape index (κ2) is 7.82. The van der Waals surface area contributed by atoms with Crippen LogP contribution in [-0.2, 0) is 9.59 Å². The van der Waals surface area contributed by atoms with Crippen LogP contribution < -0.4 is 9.47 Å². The topological polar surface area (TPSA) is 76.2 Å². The molecular formula is C18H20N2O5S. The SMILES string of the molecule is COc1ccc(/C=C2/SC(=O)N(CC(=O)N3CCCC3)C2=O)cc1OC. The Labute approximate surface area is 155 Å². The molecule has 2 saturated heterocycles. The minimum atomic E-state index is -0.442. The summed E-state index contributed by atoms with van der Waals surface area (Å²) in [7, 11) is 3.07. The maximum atomic E-state index is 12.5. The molecule has 0 saturated carbocycles. The fraction of sp³-hybridized carbons (Fsp3) is 0.389. The van der Waals surface area contributed by atoms with Crippen molar-refractivity contribution in [2.45, 2.75) is 12.8 Å². The van der Waals surface area contributed by atoms with E-state index in [0.717, 1.165) is 29.5 Å². The summed E-state index contributed by atoms with van der Waals surface area (Å²) >= 11 is 0.840. The molecule has 0 aliphatic carbocycles. The molecule has 0 N–H and O–H groups in total. The molecule has 3 amide bonds. The van der Waals surface area contributed by atoms with Crippen LogP contribution in [0.25, 0.3) is 6.08 Å². The van der Waals surface area contributed by atoms with Gasteiger partial charge in [-0.15, -0.1) is 0 Å². The number of likely N-dealkylation sites (tertiary alicyclic amines) is 1. The van der Waals surface area contributed by atoms with E-state index in [1.54, 1.807) is 36.3 Å². The van der Waals surface area contributed by atoms with Crippen LogP contribution in [-0.4, -0.2) is 60.7 Å². The van der Waals surface area contributed by atoms with E-state index in [9.17, 15) is 14.4 Å². The van der Waals surface area contributed by atoms with Gasteiger partial charge in [0.2, 0.25) is 5.91 Å². The van der Waals surface area contributed by atoms with Crippen LogP contribution in [0.2, 0.25) is 0 Å². The fourth-order valence-corrected chi connectivity index (χ4v) is 3.77. The smallest absolute Gasteiger partial charge is 0.294 e. The zero-order valence-corrected chi connectivity index (χ0v) is 15.5. The predicted molar refractivity (Wildman–Crippen MR) is 98.0 cm³/mol. The number of amides is 3. The minimum Gasteiger partial charge on any atom is -0.493 e. The first-order valence-electron chi connectivity index (χ1n) is 8.28. The molecule has 138 valence electrons. The highest BCUT2D eigenvalue weighted by Gasteiger charge is 2.37. The van der Waals surface area contributed by atoms with Gasteiger partial charge in [0.1, 0.15) is 6.54 Å². The molecule has 3 rings (SSSR count). The summed E-state index contributed by atoms with van der Waals surface area (Å²) in [5.74, 6) is 0.484. The molecule has 2 aliphatic heterocycles. The summed E-state index contributed by atoms with van der Waals surface area (Å²) in [5.41, 5.74) is 0.707. The number of nitrogens with zero attached hydrogens (tertiary/aromatic N) is 2. The number of carbonyl (C=O) groups excluding carboxylic acids is 3. The van der Waals surface area contributed by atoms with Crippen molar-refractivity contribution < 1.29 is 23.9 Å². The van der Waals surface area contributed by atoms with E-state index in [1.807, 2.05) is 0 Å². The van der Waals surface area contributed by atoms with Crippen LogP contribution >= 0.6 is 11.8 Å². The summed E-state index contributed by atoms with van der Waals surface area (Å²) in [4.78, 5) is 39.9. The lowest BCUT2D eigenvalue weighted by Crippen LogP contribution is -2.40. The molecule has 26 heavy (non-hydrogen) atoms. The molecule has 0 spiro atoms. The summed E-state index contributed by atoms with van der Waals surface area (Å²) in [5, 5.41) is -0.422. The van der Waals surface area contributed by atoms with Crippen molar-refractivity contribution in [2.24, 2.45) is 0 Å². The largest absolute Gasteiger partial charge is 0.493 e. The van der Waals surface area contributed by atoms with Gasteiger partial charge in [-0.3, -0.25) is 19.3 Å². The van der Waals surface area contributed by atoms with Crippen LogP contribution in [0, 0.1) is 0 Å². The predicted octanol–water partition coefficient (Wildman–Crippen LogP) is 2.36. The van der Waals surface area contributed by atoms with Crippen molar-refractivity contribution in [3.05, 3.63) is 28.7 Å². The Bertz CT molecular complexity index is 771. The van der Waals surface area contributed by atoms with E-state index in [4.69, 9.17) is 9.47 Å². The van der Waals surface area contributed by atoms with Gasteiger partial charge in [0.05, 0.1) is 19.1 Å². The highest BCUT2D eigenvalue weighted by molar-refractivity contribution is 8.18. The Kier molecular flexibility index (Phi) is 5.51. The van der Waals surface area contributed by atoms with Crippen LogP contribution in [0.5, 0.6) is 11.5 Å². The zero-order valence-electron chi connectivity index (χ0n) is 14.7. The van der Waals surface area contributed by atoms with E-state index < -0.39 is 11.1 Å². The average molecular weight is 376 g/mol. The van der Waals surface area contributed by atoms with Crippen molar-refractivity contribution >= 4 is 34.9 Å². The molecule has 2 fully saturated rings. The van der Waals surface area contributed by atoms with E-state index in [1.165, 1.54) is 7.11 Å². The Morgan fingerprint density at radius 2 is 1.85 bits per heavy atom. The third kappa shape index (κ3) is 3.70. The highest BCUT2D eigenvalue weighted by atomic mass is 32.2. The van der Waals surface area contributed by atoms with Crippen LogP contribution in [0.3, 0.4) is 0 Å². The number of carbonyl (C=O) groups is 3. The molecule has 1 aromatic rings. The Morgan fingerprint density at radius 1 is 1.15 bits per heavy atom. The lowest BCUT2D eigenvalue weighted by atomic mass is 10.2. The van der Waals surface area contributed by atoms with E-state index in [-0.39, 0.29) is 17.4 Å². The van der Waals surface area contributed by atoms with Gasteiger partial charge in [-0.25, -0.2) is 0 Å². The third-order valence-electron chi connectivity index (χ3n) is 4.33. The number of hydrogen-bond acceptors (Lipinski definition) is 6. The monoisotopic (exact) mass is 376 g/mol.